The van der Waals surface area contributed by atoms with Gasteiger partial charge in [-0.25, -0.2) is 0 Å². The van der Waals surface area contributed by atoms with E-state index in [-0.39, 0.29) is 0 Å². The number of hydrogen-bond donors (Lipinski definition) is 0. The van der Waals surface area contributed by atoms with Crippen molar-refractivity contribution >= 4 is 43.7 Å². The second-order valence-corrected chi connectivity index (χ2v) is 14.5. The van der Waals surface area contributed by atoms with E-state index < -0.39 is 0 Å². The summed E-state index contributed by atoms with van der Waals surface area (Å²) >= 11 is 0. The molecule has 0 atom stereocenters. The summed E-state index contributed by atoms with van der Waals surface area (Å²) in [6, 6.07) is 76.5. The maximum atomic E-state index is 6.46. The first-order valence-corrected chi connectivity index (χ1v) is 19.2. The number of hydrogen-bond acceptors (Lipinski definition) is 1. The highest BCUT2D eigenvalue weighted by atomic mass is 16.3. The third kappa shape index (κ3) is 5.42. The lowest BCUT2D eigenvalue weighted by Gasteiger charge is -2.14. The Labute approximate surface area is 325 Å². The maximum Gasteiger partial charge on any atom is 0.143 e. The number of fused-ring (bicyclic) bond motifs is 6. The summed E-state index contributed by atoms with van der Waals surface area (Å²) in [5, 5.41) is 4.71. The van der Waals surface area contributed by atoms with E-state index in [0.717, 1.165) is 38.8 Å². The van der Waals surface area contributed by atoms with E-state index >= 15 is 0 Å². The quantitative estimate of drug-likeness (QED) is 0.168. The molecule has 0 aliphatic carbocycles. The molecular formula is C54H35NO. The highest BCUT2D eigenvalue weighted by molar-refractivity contribution is 6.13. The zero-order valence-electron chi connectivity index (χ0n) is 30.6. The van der Waals surface area contributed by atoms with Crippen molar-refractivity contribution in [2.45, 2.75) is 0 Å². The minimum Gasteiger partial charge on any atom is -0.455 e. The number of para-hydroxylation sites is 3. The predicted octanol–water partition coefficient (Wildman–Crippen LogP) is 15.0. The topological polar surface area (TPSA) is 18.1 Å². The minimum atomic E-state index is 0.912. The average Bonchev–Trinajstić information content (AvgIpc) is 3.83. The van der Waals surface area contributed by atoms with Crippen LogP contribution in [0.2, 0.25) is 0 Å². The van der Waals surface area contributed by atoms with Crippen LogP contribution in [0.25, 0.3) is 105 Å². The Kier molecular flexibility index (Phi) is 7.53. The fourth-order valence-corrected chi connectivity index (χ4v) is 8.48. The van der Waals surface area contributed by atoms with E-state index in [0.29, 0.717) is 0 Å². The molecule has 0 amide bonds. The second-order valence-electron chi connectivity index (χ2n) is 14.5. The summed E-state index contributed by atoms with van der Waals surface area (Å²) in [5.74, 6) is 0. The minimum absolute atomic E-state index is 0.912. The van der Waals surface area contributed by atoms with Crippen molar-refractivity contribution in [2.75, 3.05) is 0 Å². The van der Waals surface area contributed by atoms with E-state index in [1.165, 1.54) is 66.3 Å². The highest BCUT2D eigenvalue weighted by Crippen LogP contribution is 2.40. The molecule has 2 heteroatoms. The zero-order valence-corrected chi connectivity index (χ0v) is 30.6. The summed E-state index contributed by atoms with van der Waals surface area (Å²) in [4.78, 5) is 0. The number of aromatic nitrogens is 1. The summed E-state index contributed by atoms with van der Waals surface area (Å²) in [5.41, 5.74) is 17.1. The molecule has 0 aliphatic heterocycles. The Morgan fingerprint density at radius 1 is 0.286 bits per heavy atom. The van der Waals surface area contributed by atoms with Gasteiger partial charge in [-0.3, -0.25) is 0 Å². The summed E-state index contributed by atoms with van der Waals surface area (Å²) < 4.78 is 8.87. The van der Waals surface area contributed by atoms with Gasteiger partial charge in [0.25, 0.3) is 0 Å². The van der Waals surface area contributed by atoms with Crippen LogP contribution in [0.4, 0.5) is 0 Å². The highest BCUT2D eigenvalue weighted by Gasteiger charge is 2.17. The molecule has 0 saturated carbocycles. The van der Waals surface area contributed by atoms with Crippen molar-refractivity contribution in [1.29, 1.82) is 0 Å². The second kappa shape index (κ2) is 13.2. The molecule has 0 aliphatic rings. The normalized spacial score (nSPS) is 11.6. The average molecular weight is 714 g/mol. The van der Waals surface area contributed by atoms with E-state index in [1.54, 1.807) is 0 Å². The Hall–Kier alpha value is -7.42. The monoisotopic (exact) mass is 713 g/mol. The van der Waals surface area contributed by atoms with Gasteiger partial charge in [0, 0.05) is 32.8 Å². The van der Waals surface area contributed by atoms with Gasteiger partial charge < -0.3 is 8.98 Å². The van der Waals surface area contributed by atoms with Crippen molar-refractivity contribution in [3.05, 3.63) is 212 Å². The van der Waals surface area contributed by atoms with Gasteiger partial charge in [-0.05, 0) is 111 Å². The Morgan fingerprint density at radius 2 is 0.804 bits per heavy atom. The van der Waals surface area contributed by atoms with Crippen molar-refractivity contribution < 1.29 is 4.42 Å². The van der Waals surface area contributed by atoms with Gasteiger partial charge in [-0.15, -0.1) is 0 Å². The molecule has 56 heavy (non-hydrogen) atoms. The molecule has 0 fully saturated rings. The molecule has 2 heterocycles. The Bertz CT molecular complexity index is 3240. The van der Waals surface area contributed by atoms with E-state index in [1.807, 2.05) is 12.1 Å². The zero-order chi connectivity index (χ0) is 37.0. The first-order valence-electron chi connectivity index (χ1n) is 19.2. The standard InChI is InChI=1S/C54H35NO/c1-3-14-36(15-4-1)38-18-11-19-39(30-38)43-31-42(37-16-5-2-6-17-37)32-44(33-43)40-20-12-21-45(34-40)55-51-26-9-7-22-47(51)50-35-41(28-29-52(50)55)46-24-13-25-49-48-23-8-10-27-53(48)56-54(46)49/h1-35H. The molecule has 0 N–H and O–H groups in total. The fourth-order valence-electron chi connectivity index (χ4n) is 8.48. The molecule has 9 aromatic carbocycles. The van der Waals surface area contributed by atoms with Crippen LogP contribution >= 0.6 is 0 Å². The van der Waals surface area contributed by atoms with Crippen LogP contribution in [0.15, 0.2) is 217 Å². The number of rotatable bonds is 6. The van der Waals surface area contributed by atoms with Gasteiger partial charge in [0.2, 0.25) is 0 Å². The maximum absolute atomic E-state index is 6.46. The van der Waals surface area contributed by atoms with Crippen molar-refractivity contribution in [1.82, 2.24) is 4.57 Å². The predicted molar refractivity (Wildman–Crippen MR) is 235 cm³/mol. The largest absolute Gasteiger partial charge is 0.455 e. The summed E-state index contributed by atoms with van der Waals surface area (Å²) in [6.07, 6.45) is 0. The van der Waals surface area contributed by atoms with Gasteiger partial charge in [0.15, 0.2) is 0 Å². The van der Waals surface area contributed by atoms with Crippen molar-refractivity contribution in [3.63, 3.8) is 0 Å². The molecule has 0 bridgehead atoms. The molecule has 2 aromatic heterocycles. The van der Waals surface area contributed by atoms with Crippen LogP contribution in [0.3, 0.4) is 0 Å². The molecular weight excluding hydrogens is 679 g/mol. The van der Waals surface area contributed by atoms with Crippen LogP contribution in [-0.4, -0.2) is 4.57 Å². The van der Waals surface area contributed by atoms with Gasteiger partial charge in [0.05, 0.1) is 11.0 Å². The van der Waals surface area contributed by atoms with Gasteiger partial charge in [-0.2, -0.15) is 0 Å². The van der Waals surface area contributed by atoms with Crippen molar-refractivity contribution in [2.24, 2.45) is 0 Å². The van der Waals surface area contributed by atoms with Gasteiger partial charge >= 0.3 is 0 Å². The number of nitrogens with zero attached hydrogens (tertiary/aromatic N) is 1. The lowest BCUT2D eigenvalue weighted by Crippen LogP contribution is -1.94. The molecule has 11 aromatic rings. The molecule has 262 valence electrons. The van der Waals surface area contributed by atoms with Crippen LogP contribution < -0.4 is 0 Å². The molecule has 0 spiro atoms. The molecule has 0 radical (unpaired) electrons. The third-order valence-electron chi connectivity index (χ3n) is 11.2. The molecule has 11 rings (SSSR count). The molecule has 0 saturated heterocycles. The first-order chi connectivity index (χ1) is 27.7. The van der Waals surface area contributed by atoms with Crippen LogP contribution in [-0.2, 0) is 0 Å². The lowest BCUT2D eigenvalue weighted by atomic mass is 9.92. The smallest absolute Gasteiger partial charge is 0.143 e. The molecule has 0 unspecified atom stereocenters. The lowest BCUT2D eigenvalue weighted by molar-refractivity contribution is 0.670. The Balaban J connectivity index is 1.06. The van der Waals surface area contributed by atoms with Crippen LogP contribution in [0.5, 0.6) is 0 Å². The summed E-state index contributed by atoms with van der Waals surface area (Å²) in [7, 11) is 0. The van der Waals surface area contributed by atoms with E-state index in [9.17, 15) is 0 Å². The van der Waals surface area contributed by atoms with Gasteiger partial charge in [-0.1, -0.05) is 152 Å². The third-order valence-corrected chi connectivity index (χ3v) is 11.2. The van der Waals surface area contributed by atoms with E-state index in [4.69, 9.17) is 4.42 Å². The van der Waals surface area contributed by atoms with Crippen LogP contribution in [0.1, 0.15) is 0 Å². The van der Waals surface area contributed by atoms with Crippen LogP contribution in [0, 0.1) is 0 Å². The SMILES string of the molecule is c1ccc(-c2cccc(-c3cc(-c4ccccc4)cc(-c4cccc(-n5c6ccccc6c6cc(-c7cccc8c7oc7ccccc78)ccc65)c4)c3)c2)cc1. The molecule has 2 nitrogen and oxygen atoms in total. The van der Waals surface area contributed by atoms with Gasteiger partial charge in [0.1, 0.15) is 11.2 Å². The Morgan fingerprint density at radius 3 is 1.57 bits per heavy atom. The van der Waals surface area contributed by atoms with Crippen molar-refractivity contribution in [3.8, 4) is 61.3 Å². The number of benzene rings is 9. The fraction of sp³-hybridized carbons (Fsp3) is 0. The number of furan rings is 1. The van der Waals surface area contributed by atoms with E-state index in [2.05, 4.69) is 205 Å². The summed E-state index contributed by atoms with van der Waals surface area (Å²) in [6.45, 7) is 0. The first kappa shape index (κ1) is 32.0.